The highest BCUT2D eigenvalue weighted by Crippen LogP contribution is 2.37. The van der Waals surface area contributed by atoms with Crippen molar-refractivity contribution in [1.82, 2.24) is 9.88 Å². The molecule has 1 amide bonds. The molecule has 1 fully saturated rings. The lowest BCUT2D eigenvalue weighted by atomic mass is 10.0. The molecule has 1 aromatic heterocycles. The van der Waals surface area contributed by atoms with Gasteiger partial charge in [-0.1, -0.05) is 72.3 Å². The zero-order valence-corrected chi connectivity index (χ0v) is 18.1. The number of nitrogens with zero attached hydrogens (tertiary/aromatic N) is 2. The smallest absolute Gasteiger partial charge is 0.288 e. The summed E-state index contributed by atoms with van der Waals surface area (Å²) in [5.41, 5.74) is 3.85. The van der Waals surface area contributed by atoms with E-state index in [1.807, 2.05) is 66.7 Å². The number of benzene rings is 3. The summed E-state index contributed by atoms with van der Waals surface area (Å²) >= 11 is 12.8. The molecule has 0 aliphatic carbocycles. The quantitative estimate of drug-likeness (QED) is 0.191. The predicted molar refractivity (Wildman–Crippen MR) is 130 cm³/mol. The van der Waals surface area contributed by atoms with Crippen molar-refractivity contribution >= 4 is 73.7 Å². The number of pyridine rings is 1. The standard InChI is InChI=1S/C24H15ClN2OS2/c25-16-11-9-15(10-12-16)14-27-23(29)22(30-24(27)28)13-19-17-5-1-3-7-20(17)26-21-8-4-2-6-18(19)21/h1-13H,14H2. The molecular formula is C24H15ClN2OS2. The van der Waals surface area contributed by atoms with Crippen molar-refractivity contribution in [2.45, 2.75) is 6.54 Å². The van der Waals surface area contributed by atoms with E-state index in [1.54, 1.807) is 4.90 Å². The van der Waals surface area contributed by atoms with Gasteiger partial charge in [0.25, 0.3) is 5.24 Å². The Hall–Kier alpha value is -2.73. The van der Waals surface area contributed by atoms with Gasteiger partial charge in [-0.3, -0.25) is 9.69 Å². The molecule has 6 heteroatoms. The van der Waals surface area contributed by atoms with Crippen LogP contribution in [0, 0.1) is 0 Å². The number of halogens is 1. The van der Waals surface area contributed by atoms with Crippen LogP contribution < -0.4 is 0 Å². The molecule has 1 aliphatic heterocycles. The van der Waals surface area contributed by atoms with Gasteiger partial charge in [-0.2, -0.15) is 0 Å². The summed E-state index contributed by atoms with van der Waals surface area (Å²) in [6.45, 7) is 0.428. The van der Waals surface area contributed by atoms with Gasteiger partial charge in [-0.05, 0) is 53.2 Å². The summed E-state index contributed by atoms with van der Waals surface area (Å²) in [6.07, 6.45) is 2.03. The van der Waals surface area contributed by atoms with Crippen LogP contribution in [0.2, 0.25) is 5.02 Å². The van der Waals surface area contributed by atoms with Gasteiger partial charge in [0, 0.05) is 15.8 Å². The van der Waals surface area contributed by atoms with Gasteiger partial charge in [-0.15, -0.1) is 0 Å². The van der Waals surface area contributed by atoms with Crippen LogP contribution in [-0.4, -0.2) is 20.1 Å². The van der Waals surface area contributed by atoms with Crippen LogP contribution in [-0.2, 0) is 6.54 Å². The SMILES string of the molecule is O=C1SC(=Cc2c3ccccc3nc3ccccc23)C(=S)N1Cc1ccc(Cl)cc1. The number of para-hydroxylation sites is 2. The van der Waals surface area contributed by atoms with Crippen molar-refractivity contribution in [2.24, 2.45) is 0 Å². The van der Waals surface area contributed by atoms with E-state index in [2.05, 4.69) is 12.1 Å². The molecule has 3 aromatic carbocycles. The molecule has 1 saturated heterocycles. The molecule has 0 spiro atoms. The molecule has 0 unspecified atom stereocenters. The highest BCUT2D eigenvalue weighted by atomic mass is 35.5. The van der Waals surface area contributed by atoms with Gasteiger partial charge in [-0.25, -0.2) is 4.98 Å². The molecule has 3 nitrogen and oxygen atoms in total. The highest BCUT2D eigenvalue weighted by molar-refractivity contribution is 8.19. The number of carbonyl (C=O) groups excluding carboxylic acids is 1. The maximum atomic E-state index is 12.7. The van der Waals surface area contributed by atoms with Crippen molar-refractivity contribution in [2.75, 3.05) is 0 Å². The molecule has 146 valence electrons. The Bertz CT molecular complexity index is 1290. The maximum absolute atomic E-state index is 12.7. The molecule has 0 atom stereocenters. The van der Waals surface area contributed by atoms with E-state index in [1.165, 1.54) is 11.8 Å². The van der Waals surface area contributed by atoms with Crippen LogP contribution in [0.4, 0.5) is 4.79 Å². The average Bonchev–Trinajstić information content (AvgIpc) is 3.02. The predicted octanol–water partition coefficient (Wildman–Crippen LogP) is 7.08. The minimum absolute atomic E-state index is 0.0659. The van der Waals surface area contributed by atoms with Gasteiger partial charge >= 0.3 is 0 Å². The van der Waals surface area contributed by atoms with Crippen LogP contribution in [0.15, 0.2) is 77.7 Å². The Morgan fingerprint density at radius 1 is 0.933 bits per heavy atom. The lowest BCUT2D eigenvalue weighted by Crippen LogP contribution is -2.26. The Balaban J connectivity index is 1.58. The third kappa shape index (κ3) is 3.49. The second-order valence-corrected chi connectivity index (χ2v) is 8.77. The Kier molecular flexibility index (Phi) is 5.03. The molecule has 2 heterocycles. The Morgan fingerprint density at radius 2 is 1.53 bits per heavy atom. The number of hydrogen-bond donors (Lipinski definition) is 0. The molecule has 0 saturated carbocycles. The van der Waals surface area contributed by atoms with Crippen molar-refractivity contribution < 1.29 is 4.79 Å². The van der Waals surface area contributed by atoms with E-state index >= 15 is 0 Å². The average molecular weight is 447 g/mol. The van der Waals surface area contributed by atoms with Gasteiger partial charge in [0.1, 0.15) is 4.99 Å². The first-order valence-corrected chi connectivity index (χ1v) is 11.0. The first kappa shape index (κ1) is 19.2. The minimum atomic E-state index is -0.0659. The van der Waals surface area contributed by atoms with Crippen molar-refractivity contribution in [3.63, 3.8) is 0 Å². The number of amides is 1. The van der Waals surface area contributed by atoms with E-state index in [-0.39, 0.29) is 5.24 Å². The van der Waals surface area contributed by atoms with E-state index < -0.39 is 0 Å². The van der Waals surface area contributed by atoms with Crippen molar-refractivity contribution in [1.29, 1.82) is 0 Å². The molecule has 5 rings (SSSR count). The van der Waals surface area contributed by atoms with Crippen LogP contribution in [0.5, 0.6) is 0 Å². The number of hydrogen-bond acceptors (Lipinski definition) is 4. The normalized spacial score (nSPS) is 15.6. The third-order valence-electron chi connectivity index (χ3n) is 5.03. The number of carbonyl (C=O) groups is 1. The second kappa shape index (κ2) is 7.84. The number of thioether (sulfide) groups is 1. The third-order valence-corrected chi connectivity index (χ3v) is 6.78. The first-order chi connectivity index (χ1) is 14.6. The fourth-order valence-electron chi connectivity index (χ4n) is 3.57. The van der Waals surface area contributed by atoms with Crippen LogP contribution >= 0.6 is 35.6 Å². The molecule has 4 aromatic rings. The number of aromatic nitrogens is 1. The van der Waals surface area contributed by atoms with Crippen molar-refractivity contribution in [3.8, 4) is 0 Å². The summed E-state index contributed by atoms with van der Waals surface area (Å²) in [7, 11) is 0. The molecule has 0 radical (unpaired) electrons. The highest BCUT2D eigenvalue weighted by Gasteiger charge is 2.32. The van der Waals surface area contributed by atoms with E-state index in [0.717, 1.165) is 37.8 Å². The number of thiocarbonyl (C=S) groups is 1. The van der Waals surface area contributed by atoms with Crippen LogP contribution in [0.1, 0.15) is 11.1 Å². The minimum Gasteiger partial charge on any atom is -0.288 e. The molecule has 0 bridgehead atoms. The topological polar surface area (TPSA) is 33.2 Å². The zero-order valence-electron chi connectivity index (χ0n) is 15.7. The largest absolute Gasteiger partial charge is 0.291 e. The van der Waals surface area contributed by atoms with Gasteiger partial charge in [0.15, 0.2) is 0 Å². The van der Waals surface area contributed by atoms with Gasteiger partial charge in [0.2, 0.25) is 0 Å². The Morgan fingerprint density at radius 3 is 2.17 bits per heavy atom. The molecule has 1 aliphatic rings. The lowest BCUT2D eigenvalue weighted by Gasteiger charge is -2.15. The monoisotopic (exact) mass is 446 g/mol. The van der Waals surface area contributed by atoms with Gasteiger partial charge < -0.3 is 0 Å². The Labute approximate surface area is 188 Å². The van der Waals surface area contributed by atoms with E-state index in [4.69, 9.17) is 28.8 Å². The summed E-state index contributed by atoms with van der Waals surface area (Å²) < 4.78 is 0. The summed E-state index contributed by atoms with van der Waals surface area (Å²) in [5.74, 6) is 0. The van der Waals surface area contributed by atoms with Gasteiger partial charge in [0.05, 0.1) is 22.5 Å². The van der Waals surface area contributed by atoms with Crippen LogP contribution in [0.3, 0.4) is 0 Å². The number of rotatable bonds is 3. The molecule has 0 N–H and O–H groups in total. The van der Waals surface area contributed by atoms with E-state index in [9.17, 15) is 4.79 Å². The van der Waals surface area contributed by atoms with E-state index in [0.29, 0.717) is 16.6 Å². The lowest BCUT2D eigenvalue weighted by molar-refractivity contribution is 0.244. The fourth-order valence-corrected chi connectivity index (χ4v) is 4.91. The second-order valence-electron chi connectivity index (χ2n) is 6.95. The maximum Gasteiger partial charge on any atom is 0.291 e. The summed E-state index contributed by atoms with van der Waals surface area (Å²) in [4.78, 5) is 20.4. The summed E-state index contributed by atoms with van der Waals surface area (Å²) in [6, 6.07) is 23.5. The zero-order chi connectivity index (χ0) is 20.7. The molecule has 30 heavy (non-hydrogen) atoms. The van der Waals surface area contributed by atoms with Crippen molar-refractivity contribution in [3.05, 3.63) is 93.9 Å². The first-order valence-electron chi connectivity index (χ1n) is 9.37. The fraction of sp³-hybridized carbons (Fsp3) is 0.0417. The molecular weight excluding hydrogens is 432 g/mol. The number of fused-ring (bicyclic) bond motifs is 2. The summed E-state index contributed by atoms with van der Waals surface area (Å²) in [5, 5.41) is 2.68. The van der Waals surface area contributed by atoms with Crippen LogP contribution in [0.25, 0.3) is 27.9 Å².